The first-order valence-electron chi connectivity index (χ1n) is 5.54. The third-order valence-corrected chi connectivity index (χ3v) is 3.17. The van der Waals surface area contributed by atoms with Crippen molar-refractivity contribution < 1.29 is 4.79 Å². The van der Waals surface area contributed by atoms with Crippen molar-refractivity contribution >= 4 is 27.5 Å². The maximum absolute atomic E-state index is 12.0. The van der Waals surface area contributed by atoms with Crippen LogP contribution in [0, 0.1) is 18.3 Å². The molecule has 0 aliphatic carbocycles. The molecule has 1 N–H and O–H groups in total. The zero-order valence-corrected chi connectivity index (χ0v) is 11.7. The summed E-state index contributed by atoms with van der Waals surface area (Å²) < 4.78 is 0.822. The van der Waals surface area contributed by atoms with Crippen LogP contribution in [-0.2, 0) is 0 Å². The number of nitrogens with zero attached hydrogens (tertiary/aromatic N) is 2. The first kappa shape index (κ1) is 13.2. The standard InChI is InChI=1S/C14H10BrN3O/c1-9-2-5-13(12(15)6-9)18-14(19)10-3-4-11(7-16)17-8-10/h2-6,8H,1H3,(H,18,19). The van der Waals surface area contributed by atoms with Crippen LogP contribution in [0.5, 0.6) is 0 Å². The number of anilines is 1. The highest BCUT2D eigenvalue weighted by molar-refractivity contribution is 9.10. The summed E-state index contributed by atoms with van der Waals surface area (Å²) in [4.78, 5) is 15.9. The number of halogens is 1. The van der Waals surface area contributed by atoms with Gasteiger partial charge in [0.1, 0.15) is 11.8 Å². The van der Waals surface area contributed by atoms with Gasteiger partial charge in [-0.15, -0.1) is 0 Å². The Balaban J connectivity index is 2.18. The lowest BCUT2D eigenvalue weighted by Crippen LogP contribution is -2.12. The number of pyridine rings is 1. The van der Waals surface area contributed by atoms with Gasteiger partial charge in [-0.2, -0.15) is 5.26 Å². The first-order chi connectivity index (χ1) is 9.10. The van der Waals surface area contributed by atoms with Gasteiger partial charge >= 0.3 is 0 Å². The Hall–Kier alpha value is -2.19. The molecule has 0 aliphatic heterocycles. The average Bonchev–Trinajstić information content (AvgIpc) is 2.42. The lowest BCUT2D eigenvalue weighted by Gasteiger charge is -2.07. The smallest absolute Gasteiger partial charge is 0.257 e. The molecule has 1 aromatic carbocycles. The molecule has 0 bridgehead atoms. The van der Waals surface area contributed by atoms with Crippen molar-refractivity contribution in [1.82, 2.24) is 4.98 Å². The van der Waals surface area contributed by atoms with Gasteiger partial charge in [-0.05, 0) is 52.7 Å². The molecule has 0 aliphatic rings. The first-order valence-corrected chi connectivity index (χ1v) is 6.33. The van der Waals surface area contributed by atoms with Crippen molar-refractivity contribution in [3.63, 3.8) is 0 Å². The quantitative estimate of drug-likeness (QED) is 0.924. The molecule has 4 nitrogen and oxygen atoms in total. The number of hydrogen-bond donors (Lipinski definition) is 1. The molecule has 0 unspecified atom stereocenters. The van der Waals surface area contributed by atoms with E-state index in [1.54, 1.807) is 6.07 Å². The van der Waals surface area contributed by atoms with E-state index in [9.17, 15) is 4.79 Å². The SMILES string of the molecule is Cc1ccc(NC(=O)c2ccc(C#N)nc2)c(Br)c1. The number of amides is 1. The fraction of sp³-hybridized carbons (Fsp3) is 0.0714. The minimum absolute atomic E-state index is 0.262. The minimum Gasteiger partial charge on any atom is -0.321 e. The van der Waals surface area contributed by atoms with Gasteiger partial charge in [0.25, 0.3) is 5.91 Å². The minimum atomic E-state index is -0.262. The highest BCUT2D eigenvalue weighted by Crippen LogP contribution is 2.23. The normalized spacial score (nSPS) is 9.74. The van der Waals surface area contributed by atoms with Crippen LogP contribution < -0.4 is 5.32 Å². The van der Waals surface area contributed by atoms with Crippen molar-refractivity contribution in [1.29, 1.82) is 5.26 Å². The van der Waals surface area contributed by atoms with Crippen LogP contribution in [0.3, 0.4) is 0 Å². The lowest BCUT2D eigenvalue weighted by molar-refractivity contribution is 0.102. The van der Waals surface area contributed by atoms with Crippen molar-refractivity contribution in [2.75, 3.05) is 5.32 Å². The number of rotatable bonds is 2. The van der Waals surface area contributed by atoms with Crippen molar-refractivity contribution in [2.45, 2.75) is 6.92 Å². The molecule has 0 saturated heterocycles. The number of carbonyl (C=O) groups excluding carboxylic acids is 1. The molecular formula is C14H10BrN3O. The summed E-state index contributed by atoms with van der Waals surface area (Å²) in [5.41, 5.74) is 2.49. The second-order valence-electron chi connectivity index (χ2n) is 3.98. The Bertz CT molecular complexity index is 659. The van der Waals surface area contributed by atoms with Crippen LogP contribution in [0.1, 0.15) is 21.6 Å². The largest absolute Gasteiger partial charge is 0.321 e. The predicted molar refractivity (Wildman–Crippen MR) is 75.8 cm³/mol. The van der Waals surface area contributed by atoms with E-state index >= 15 is 0 Å². The van der Waals surface area contributed by atoms with Crippen molar-refractivity contribution in [2.24, 2.45) is 0 Å². The highest BCUT2D eigenvalue weighted by Gasteiger charge is 2.08. The van der Waals surface area contributed by atoms with Gasteiger partial charge in [-0.25, -0.2) is 4.98 Å². The van der Waals surface area contributed by atoms with Gasteiger partial charge in [0, 0.05) is 10.7 Å². The van der Waals surface area contributed by atoms with Gasteiger partial charge < -0.3 is 5.32 Å². The van der Waals surface area contributed by atoms with E-state index in [2.05, 4.69) is 26.2 Å². The van der Waals surface area contributed by atoms with Crippen LogP contribution in [0.4, 0.5) is 5.69 Å². The number of carbonyl (C=O) groups is 1. The molecule has 0 radical (unpaired) electrons. The van der Waals surface area contributed by atoms with Gasteiger partial charge in [0.2, 0.25) is 0 Å². The molecular weight excluding hydrogens is 306 g/mol. The number of nitriles is 1. The number of benzene rings is 1. The second-order valence-corrected chi connectivity index (χ2v) is 4.84. The Morgan fingerprint density at radius 2 is 2.16 bits per heavy atom. The van der Waals surface area contributed by atoms with E-state index < -0.39 is 0 Å². The van der Waals surface area contributed by atoms with Gasteiger partial charge in [-0.3, -0.25) is 4.79 Å². The zero-order chi connectivity index (χ0) is 13.8. The Morgan fingerprint density at radius 1 is 1.37 bits per heavy atom. The van der Waals surface area contributed by atoms with Crippen LogP contribution in [0.25, 0.3) is 0 Å². The van der Waals surface area contributed by atoms with Gasteiger partial charge in [-0.1, -0.05) is 6.07 Å². The summed E-state index contributed by atoms with van der Waals surface area (Å²) in [6.45, 7) is 1.97. The molecule has 0 fully saturated rings. The lowest BCUT2D eigenvalue weighted by atomic mass is 10.2. The van der Waals surface area contributed by atoms with E-state index in [1.165, 1.54) is 12.3 Å². The average molecular weight is 316 g/mol. The van der Waals surface area contributed by atoms with Crippen molar-refractivity contribution in [3.8, 4) is 6.07 Å². The van der Waals surface area contributed by atoms with E-state index in [4.69, 9.17) is 5.26 Å². The molecule has 0 saturated carbocycles. The van der Waals surface area contributed by atoms with Crippen LogP contribution in [0.15, 0.2) is 41.0 Å². The molecule has 5 heteroatoms. The Morgan fingerprint density at radius 3 is 2.74 bits per heavy atom. The van der Waals surface area contributed by atoms with E-state index in [-0.39, 0.29) is 11.6 Å². The maximum atomic E-state index is 12.0. The van der Waals surface area contributed by atoms with Crippen LogP contribution >= 0.6 is 15.9 Å². The number of nitrogens with one attached hydrogen (secondary N) is 1. The van der Waals surface area contributed by atoms with Gasteiger partial charge in [0.05, 0.1) is 11.3 Å². The molecule has 19 heavy (non-hydrogen) atoms. The van der Waals surface area contributed by atoms with E-state index in [0.717, 1.165) is 10.0 Å². The number of hydrogen-bond acceptors (Lipinski definition) is 3. The predicted octanol–water partition coefficient (Wildman–Crippen LogP) is 3.28. The van der Waals surface area contributed by atoms with E-state index in [1.807, 2.05) is 31.2 Å². The summed E-state index contributed by atoms with van der Waals surface area (Å²) >= 11 is 3.40. The molecule has 0 atom stereocenters. The van der Waals surface area contributed by atoms with E-state index in [0.29, 0.717) is 11.3 Å². The summed E-state index contributed by atoms with van der Waals surface area (Å²) in [6, 6.07) is 10.7. The molecule has 1 amide bonds. The summed E-state index contributed by atoms with van der Waals surface area (Å²) in [7, 11) is 0. The fourth-order valence-corrected chi connectivity index (χ4v) is 2.10. The summed E-state index contributed by atoms with van der Waals surface area (Å²) in [5.74, 6) is -0.262. The topological polar surface area (TPSA) is 65.8 Å². The van der Waals surface area contributed by atoms with Crippen LogP contribution in [0.2, 0.25) is 0 Å². The molecule has 0 spiro atoms. The summed E-state index contributed by atoms with van der Waals surface area (Å²) in [6.07, 6.45) is 1.38. The Labute approximate surface area is 119 Å². The molecule has 1 aromatic heterocycles. The zero-order valence-electron chi connectivity index (χ0n) is 10.1. The van der Waals surface area contributed by atoms with Crippen LogP contribution in [-0.4, -0.2) is 10.9 Å². The molecule has 2 rings (SSSR count). The third-order valence-electron chi connectivity index (χ3n) is 2.51. The number of aromatic nitrogens is 1. The van der Waals surface area contributed by atoms with Gasteiger partial charge in [0.15, 0.2) is 0 Å². The second kappa shape index (κ2) is 5.63. The number of aryl methyl sites for hydroxylation is 1. The maximum Gasteiger partial charge on any atom is 0.257 e. The summed E-state index contributed by atoms with van der Waals surface area (Å²) in [5, 5.41) is 11.4. The third kappa shape index (κ3) is 3.18. The highest BCUT2D eigenvalue weighted by atomic mass is 79.9. The fourth-order valence-electron chi connectivity index (χ4n) is 1.51. The molecule has 94 valence electrons. The molecule has 2 aromatic rings. The van der Waals surface area contributed by atoms with Crippen molar-refractivity contribution in [3.05, 3.63) is 57.8 Å². The Kier molecular flexibility index (Phi) is 3.93. The molecule has 1 heterocycles. The monoisotopic (exact) mass is 315 g/mol.